The van der Waals surface area contributed by atoms with Crippen molar-refractivity contribution in [2.24, 2.45) is 0 Å². The van der Waals surface area contributed by atoms with Crippen molar-refractivity contribution >= 4 is 28.2 Å². The predicted molar refractivity (Wildman–Crippen MR) is 73.6 cm³/mol. The van der Waals surface area contributed by atoms with Crippen LogP contribution in [0.15, 0.2) is 34.9 Å². The topological polar surface area (TPSA) is 71.3 Å². The maximum atomic E-state index is 11.7. The molecule has 2 rings (SSSR count). The summed E-state index contributed by atoms with van der Waals surface area (Å²) in [5, 5.41) is 6.08. The number of nitrogens with one attached hydrogen (secondary N) is 2. The number of thiophene rings is 1. The van der Waals surface area contributed by atoms with Crippen LogP contribution in [0.4, 0.5) is 5.00 Å². The summed E-state index contributed by atoms with van der Waals surface area (Å²) in [4.78, 5) is 24.0. The van der Waals surface area contributed by atoms with Crippen LogP contribution in [0.2, 0.25) is 0 Å². The Morgan fingerprint density at radius 3 is 2.79 bits per heavy atom. The normalized spacial score (nSPS) is 10.2. The van der Waals surface area contributed by atoms with Gasteiger partial charge in [-0.2, -0.15) is 0 Å². The maximum absolute atomic E-state index is 11.7. The van der Waals surface area contributed by atoms with Crippen molar-refractivity contribution < 1.29 is 14.0 Å². The summed E-state index contributed by atoms with van der Waals surface area (Å²) >= 11 is 1.23. The molecule has 0 aliphatic heterocycles. The van der Waals surface area contributed by atoms with Crippen LogP contribution in [-0.2, 0) is 0 Å². The molecule has 0 unspecified atom stereocenters. The fraction of sp³-hybridized carbons (Fsp3) is 0.231. The van der Waals surface area contributed by atoms with Gasteiger partial charge in [-0.1, -0.05) is 6.92 Å². The third-order valence-corrected chi connectivity index (χ3v) is 3.35. The highest BCUT2D eigenvalue weighted by atomic mass is 32.1. The molecule has 0 spiro atoms. The second kappa shape index (κ2) is 6.19. The van der Waals surface area contributed by atoms with Crippen LogP contribution in [0, 0.1) is 0 Å². The molecule has 6 heteroatoms. The number of carbonyl (C=O) groups is 2. The summed E-state index contributed by atoms with van der Waals surface area (Å²) in [7, 11) is 0. The highest BCUT2D eigenvalue weighted by Crippen LogP contribution is 2.22. The average Bonchev–Trinajstić information content (AvgIpc) is 3.06. The van der Waals surface area contributed by atoms with Crippen LogP contribution in [0.1, 0.15) is 33.6 Å². The van der Waals surface area contributed by atoms with Gasteiger partial charge >= 0.3 is 0 Å². The quantitative estimate of drug-likeness (QED) is 0.883. The van der Waals surface area contributed by atoms with Crippen LogP contribution in [0.5, 0.6) is 0 Å². The lowest BCUT2D eigenvalue weighted by Gasteiger charge is -2.00. The Balaban J connectivity index is 1.97. The van der Waals surface area contributed by atoms with E-state index in [4.69, 9.17) is 4.42 Å². The molecule has 2 heterocycles. The van der Waals surface area contributed by atoms with E-state index in [9.17, 15) is 9.59 Å². The zero-order valence-corrected chi connectivity index (χ0v) is 11.3. The van der Waals surface area contributed by atoms with Gasteiger partial charge in [0.25, 0.3) is 11.8 Å². The van der Waals surface area contributed by atoms with E-state index < -0.39 is 0 Å². The molecule has 2 amide bonds. The smallest absolute Gasteiger partial charge is 0.291 e. The Morgan fingerprint density at radius 1 is 1.26 bits per heavy atom. The number of rotatable bonds is 5. The first-order valence-corrected chi connectivity index (χ1v) is 6.75. The van der Waals surface area contributed by atoms with Gasteiger partial charge < -0.3 is 15.1 Å². The summed E-state index contributed by atoms with van der Waals surface area (Å²) in [6, 6.07) is 6.62. The third-order valence-electron chi connectivity index (χ3n) is 2.35. The van der Waals surface area contributed by atoms with Gasteiger partial charge in [0, 0.05) is 6.54 Å². The average molecular weight is 278 g/mol. The summed E-state index contributed by atoms with van der Waals surface area (Å²) in [6.07, 6.45) is 2.33. The lowest BCUT2D eigenvalue weighted by atomic mass is 10.4. The standard InChI is InChI=1S/C13H14N2O3S/c1-2-7-14-13(17)10-5-6-11(19-10)15-12(16)9-4-3-8-18-9/h3-6,8H,2,7H2,1H3,(H,14,17)(H,15,16). The largest absolute Gasteiger partial charge is 0.459 e. The van der Waals surface area contributed by atoms with Gasteiger partial charge in [-0.05, 0) is 30.7 Å². The van der Waals surface area contributed by atoms with E-state index >= 15 is 0 Å². The Morgan fingerprint density at radius 2 is 2.11 bits per heavy atom. The SMILES string of the molecule is CCCNC(=O)c1ccc(NC(=O)c2ccco2)s1. The number of hydrogen-bond acceptors (Lipinski definition) is 4. The molecule has 0 saturated heterocycles. The van der Waals surface area contributed by atoms with E-state index in [-0.39, 0.29) is 17.6 Å². The van der Waals surface area contributed by atoms with Crippen LogP contribution in [0.25, 0.3) is 0 Å². The molecule has 0 radical (unpaired) electrons. The van der Waals surface area contributed by atoms with Crippen molar-refractivity contribution in [3.8, 4) is 0 Å². The molecular formula is C13H14N2O3S. The minimum Gasteiger partial charge on any atom is -0.459 e. The van der Waals surface area contributed by atoms with E-state index in [1.807, 2.05) is 6.92 Å². The first-order chi connectivity index (χ1) is 9.20. The van der Waals surface area contributed by atoms with Crippen molar-refractivity contribution in [3.05, 3.63) is 41.2 Å². The molecule has 0 bridgehead atoms. The number of carbonyl (C=O) groups excluding carboxylic acids is 2. The number of amides is 2. The summed E-state index contributed by atoms with van der Waals surface area (Å²) < 4.78 is 4.99. The van der Waals surface area contributed by atoms with Gasteiger partial charge in [0.1, 0.15) is 0 Å². The number of furan rings is 1. The zero-order chi connectivity index (χ0) is 13.7. The minimum atomic E-state index is -0.327. The van der Waals surface area contributed by atoms with Crippen LogP contribution in [0.3, 0.4) is 0 Å². The number of hydrogen-bond donors (Lipinski definition) is 2. The van der Waals surface area contributed by atoms with Crippen LogP contribution < -0.4 is 10.6 Å². The van der Waals surface area contributed by atoms with Crippen LogP contribution in [-0.4, -0.2) is 18.4 Å². The molecule has 5 nitrogen and oxygen atoms in total. The molecule has 0 aromatic carbocycles. The van der Waals surface area contributed by atoms with Crippen molar-refractivity contribution in [3.63, 3.8) is 0 Å². The molecule has 0 aliphatic carbocycles. The van der Waals surface area contributed by atoms with Gasteiger partial charge in [-0.15, -0.1) is 11.3 Å². The molecule has 0 fully saturated rings. The Bertz CT molecular complexity index is 560. The van der Waals surface area contributed by atoms with E-state index in [0.717, 1.165) is 6.42 Å². The van der Waals surface area contributed by atoms with E-state index in [1.165, 1.54) is 17.6 Å². The molecule has 0 atom stereocenters. The fourth-order valence-electron chi connectivity index (χ4n) is 1.43. The second-order valence-electron chi connectivity index (χ2n) is 3.85. The maximum Gasteiger partial charge on any atom is 0.291 e. The Labute approximate surface area is 114 Å². The molecule has 0 aliphatic rings. The first-order valence-electron chi connectivity index (χ1n) is 5.93. The third kappa shape index (κ3) is 3.45. The summed E-state index contributed by atoms with van der Waals surface area (Å²) in [5.41, 5.74) is 0. The predicted octanol–water partition coefficient (Wildman–Crippen LogP) is 2.73. The molecule has 2 aromatic rings. The fourth-order valence-corrected chi connectivity index (χ4v) is 2.25. The summed E-state index contributed by atoms with van der Waals surface area (Å²) in [5.74, 6) is -0.205. The second-order valence-corrected chi connectivity index (χ2v) is 4.94. The molecule has 19 heavy (non-hydrogen) atoms. The van der Waals surface area contributed by atoms with Crippen molar-refractivity contribution in [2.45, 2.75) is 13.3 Å². The van der Waals surface area contributed by atoms with Crippen LogP contribution >= 0.6 is 11.3 Å². The van der Waals surface area contributed by atoms with E-state index in [1.54, 1.807) is 24.3 Å². The van der Waals surface area contributed by atoms with Gasteiger partial charge in [0.15, 0.2) is 5.76 Å². The van der Waals surface area contributed by atoms with E-state index in [0.29, 0.717) is 16.4 Å². The van der Waals surface area contributed by atoms with Gasteiger partial charge in [0.2, 0.25) is 0 Å². The highest BCUT2D eigenvalue weighted by Gasteiger charge is 2.12. The molecule has 2 aromatic heterocycles. The minimum absolute atomic E-state index is 0.120. The molecule has 2 N–H and O–H groups in total. The lowest BCUT2D eigenvalue weighted by Crippen LogP contribution is -2.22. The lowest BCUT2D eigenvalue weighted by molar-refractivity contribution is 0.0956. The molecular weight excluding hydrogens is 264 g/mol. The summed E-state index contributed by atoms with van der Waals surface area (Å²) in [6.45, 7) is 2.63. The zero-order valence-electron chi connectivity index (χ0n) is 10.4. The Kier molecular flexibility index (Phi) is 4.35. The van der Waals surface area contributed by atoms with Crippen molar-refractivity contribution in [2.75, 3.05) is 11.9 Å². The van der Waals surface area contributed by atoms with Gasteiger partial charge in [-0.3, -0.25) is 9.59 Å². The monoisotopic (exact) mass is 278 g/mol. The van der Waals surface area contributed by atoms with Crippen molar-refractivity contribution in [1.82, 2.24) is 5.32 Å². The Hall–Kier alpha value is -2.08. The van der Waals surface area contributed by atoms with Gasteiger partial charge in [-0.25, -0.2) is 0 Å². The highest BCUT2D eigenvalue weighted by molar-refractivity contribution is 7.18. The van der Waals surface area contributed by atoms with Gasteiger partial charge in [0.05, 0.1) is 16.1 Å². The van der Waals surface area contributed by atoms with Crippen molar-refractivity contribution in [1.29, 1.82) is 0 Å². The molecule has 100 valence electrons. The van der Waals surface area contributed by atoms with E-state index in [2.05, 4.69) is 10.6 Å². The first kappa shape index (κ1) is 13.4. The number of anilines is 1. The molecule has 0 saturated carbocycles.